The SMILES string of the molecule is C/C=C(\CC)C(=O)OCCC. The third kappa shape index (κ3) is 3.81. The van der Waals surface area contributed by atoms with Gasteiger partial charge in [0, 0.05) is 5.57 Å². The molecule has 0 spiro atoms. The summed E-state index contributed by atoms with van der Waals surface area (Å²) in [7, 11) is 0. The molecule has 0 radical (unpaired) electrons. The second-order valence-corrected chi connectivity index (χ2v) is 2.30. The second kappa shape index (κ2) is 5.96. The Balaban J connectivity index is 3.81. The van der Waals surface area contributed by atoms with Gasteiger partial charge in [0.05, 0.1) is 6.61 Å². The number of carbonyl (C=O) groups is 1. The molecule has 0 aromatic heterocycles. The fraction of sp³-hybridized carbons (Fsp3) is 0.667. The minimum atomic E-state index is -0.170. The number of rotatable bonds is 4. The van der Waals surface area contributed by atoms with Crippen LogP contribution >= 0.6 is 0 Å². The van der Waals surface area contributed by atoms with Crippen LogP contribution in [0.1, 0.15) is 33.6 Å². The van der Waals surface area contributed by atoms with E-state index in [1.807, 2.05) is 20.8 Å². The Labute approximate surface area is 68.2 Å². The van der Waals surface area contributed by atoms with Crippen LogP contribution < -0.4 is 0 Å². The van der Waals surface area contributed by atoms with E-state index < -0.39 is 0 Å². The molecule has 0 bridgehead atoms. The average molecular weight is 156 g/mol. The Morgan fingerprint density at radius 1 is 1.45 bits per heavy atom. The van der Waals surface area contributed by atoms with E-state index in [1.54, 1.807) is 6.08 Å². The highest BCUT2D eigenvalue weighted by Crippen LogP contribution is 2.02. The fourth-order valence-corrected chi connectivity index (χ4v) is 0.754. The zero-order valence-corrected chi connectivity index (χ0v) is 7.52. The molecule has 2 heteroatoms. The molecule has 0 atom stereocenters. The summed E-state index contributed by atoms with van der Waals surface area (Å²) in [4.78, 5) is 11.1. The van der Waals surface area contributed by atoms with E-state index in [-0.39, 0.29) is 5.97 Å². The van der Waals surface area contributed by atoms with Crippen LogP contribution in [0.2, 0.25) is 0 Å². The van der Waals surface area contributed by atoms with Gasteiger partial charge in [-0.25, -0.2) is 4.79 Å². The van der Waals surface area contributed by atoms with Crippen LogP contribution in [-0.2, 0) is 9.53 Å². The van der Waals surface area contributed by atoms with Crippen LogP contribution in [0, 0.1) is 0 Å². The van der Waals surface area contributed by atoms with Crippen molar-refractivity contribution in [1.82, 2.24) is 0 Å². The molecule has 0 aliphatic rings. The van der Waals surface area contributed by atoms with E-state index in [4.69, 9.17) is 4.74 Å². The van der Waals surface area contributed by atoms with Crippen molar-refractivity contribution in [2.45, 2.75) is 33.6 Å². The quantitative estimate of drug-likeness (QED) is 0.461. The molecular formula is C9H16O2. The summed E-state index contributed by atoms with van der Waals surface area (Å²) in [5.74, 6) is -0.170. The van der Waals surface area contributed by atoms with Gasteiger partial charge in [0.25, 0.3) is 0 Å². The zero-order valence-electron chi connectivity index (χ0n) is 7.52. The third-order valence-electron chi connectivity index (χ3n) is 1.43. The van der Waals surface area contributed by atoms with Crippen molar-refractivity contribution in [3.05, 3.63) is 11.6 Å². The van der Waals surface area contributed by atoms with Gasteiger partial charge in [0.1, 0.15) is 0 Å². The van der Waals surface area contributed by atoms with E-state index in [1.165, 1.54) is 0 Å². The van der Waals surface area contributed by atoms with Crippen molar-refractivity contribution in [2.75, 3.05) is 6.61 Å². The molecule has 0 amide bonds. The molecule has 0 saturated carbocycles. The summed E-state index contributed by atoms with van der Waals surface area (Å²) < 4.78 is 4.93. The van der Waals surface area contributed by atoms with Crippen LogP contribution in [0.3, 0.4) is 0 Å². The molecule has 0 aliphatic carbocycles. The van der Waals surface area contributed by atoms with Crippen molar-refractivity contribution in [3.8, 4) is 0 Å². The first-order chi connectivity index (χ1) is 5.26. The monoisotopic (exact) mass is 156 g/mol. The topological polar surface area (TPSA) is 26.3 Å². The molecule has 0 unspecified atom stereocenters. The van der Waals surface area contributed by atoms with Gasteiger partial charge in [-0.2, -0.15) is 0 Å². The Kier molecular flexibility index (Phi) is 5.53. The van der Waals surface area contributed by atoms with E-state index in [0.29, 0.717) is 6.61 Å². The number of hydrogen-bond acceptors (Lipinski definition) is 2. The van der Waals surface area contributed by atoms with Gasteiger partial charge >= 0.3 is 5.97 Å². The minimum absolute atomic E-state index is 0.170. The first-order valence-electron chi connectivity index (χ1n) is 4.08. The summed E-state index contributed by atoms with van der Waals surface area (Å²) >= 11 is 0. The predicted molar refractivity (Wildman–Crippen MR) is 45.3 cm³/mol. The second-order valence-electron chi connectivity index (χ2n) is 2.30. The third-order valence-corrected chi connectivity index (χ3v) is 1.43. The van der Waals surface area contributed by atoms with E-state index in [2.05, 4.69) is 0 Å². The Bertz CT molecular complexity index is 148. The van der Waals surface area contributed by atoms with E-state index in [9.17, 15) is 4.79 Å². The summed E-state index contributed by atoms with van der Waals surface area (Å²) in [5.41, 5.74) is 0.762. The minimum Gasteiger partial charge on any atom is -0.462 e. The molecule has 0 rings (SSSR count). The van der Waals surface area contributed by atoms with Gasteiger partial charge in [-0.05, 0) is 19.8 Å². The van der Waals surface area contributed by atoms with Crippen molar-refractivity contribution in [3.63, 3.8) is 0 Å². The zero-order chi connectivity index (χ0) is 8.69. The first kappa shape index (κ1) is 10.2. The van der Waals surface area contributed by atoms with Crippen LogP contribution in [0.25, 0.3) is 0 Å². The van der Waals surface area contributed by atoms with E-state index >= 15 is 0 Å². The highest BCUT2D eigenvalue weighted by Gasteiger charge is 2.05. The van der Waals surface area contributed by atoms with Crippen molar-refractivity contribution in [1.29, 1.82) is 0 Å². The van der Waals surface area contributed by atoms with Gasteiger partial charge < -0.3 is 4.74 Å². The molecule has 0 aromatic rings. The molecule has 0 aromatic carbocycles. The molecule has 0 fully saturated rings. The van der Waals surface area contributed by atoms with Crippen molar-refractivity contribution in [2.24, 2.45) is 0 Å². The molecule has 64 valence electrons. The lowest BCUT2D eigenvalue weighted by molar-refractivity contribution is -0.139. The lowest BCUT2D eigenvalue weighted by Gasteiger charge is -2.03. The first-order valence-corrected chi connectivity index (χ1v) is 4.08. The van der Waals surface area contributed by atoms with Crippen LogP contribution in [0.5, 0.6) is 0 Å². The Hall–Kier alpha value is -0.790. The maximum absolute atomic E-state index is 11.1. The Morgan fingerprint density at radius 3 is 2.45 bits per heavy atom. The molecular weight excluding hydrogens is 140 g/mol. The summed E-state index contributed by atoms with van der Waals surface area (Å²) in [6.45, 7) is 6.30. The lowest BCUT2D eigenvalue weighted by atomic mass is 10.2. The predicted octanol–water partition coefficient (Wildman–Crippen LogP) is 2.30. The smallest absolute Gasteiger partial charge is 0.333 e. The largest absolute Gasteiger partial charge is 0.462 e. The molecule has 0 heterocycles. The molecule has 11 heavy (non-hydrogen) atoms. The molecule has 0 saturated heterocycles. The number of ether oxygens (including phenoxy) is 1. The number of allylic oxidation sites excluding steroid dienone is 1. The van der Waals surface area contributed by atoms with Crippen molar-refractivity contribution >= 4 is 5.97 Å². The number of esters is 1. The standard InChI is InChI=1S/C9H16O2/c1-4-7-11-9(10)8(5-2)6-3/h5H,4,6-7H2,1-3H3/b8-5+. The summed E-state index contributed by atoms with van der Waals surface area (Å²) in [5, 5.41) is 0. The van der Waals surface area contributed by atoms with E-state index in [0.717, 1.165) is 18.4 Å². The van der Waals surface area contributed by atoms with Crippen LogP contribution in [0.4, 0.5) is 0 Å². The highest BCUT2D eigenvalue weighted by atomic mass is 16.5. The fourth-order valence-electron chi connectivity index (χ4n) is 0.754. The normalized spacial score (nSPS) is 11.4. The molecule has 2 nitrogen and oxygen atoms in total. The van der Waals surface area contributed by atoms with Gasteiger partial charge in [-0.15, -0.1) is 0 Å². The van der Waals surface area contributed by atoms with Gasteiger partial charge in [-0.1, -0.05) is 19.9 Å². The van der Waals surface area contributed by atoms with Gasteiger partial charge in [0.15, 0.2) is 0 Å². The average Bonchev–Trinajstić information content (AvgIpc) is 2.03. The molecule has 0 N–H and O–H groups in total. The van der Waals surface area contributed by atoms with Crippen molar-refractivity contribution < 1.29 is 9.53 Å². The Morgan fingerprint density at radius 2 is 2.09 bits per heavy atom. The van der Waals surface area contributed by atoms with Gasteiger partial charge in [-0.3, -0.25) is 0 Å². The number of carbonyl (C=O) groups excluding carboxylic acids is 1. The van der Waals surface area contributed by atoms with Crippen LogP contribution in [0.15, 0.2) is 11.6 Å². The maximum atomic E-state index is 11.1. The van der Waals surface area contributed by atoms with Crippen LogP contribution in [-0.4, -0.2) is 12.6 Å². The van der Waals surface area contributed by atoms with Gasteiger partial charge in [0.2, 0.25) is 0 Å². The number of hydrogen-bond donors (Lipinski definition) is 0. The maximum Gasteiger partial charge on any atom is 0.333 e. The summed E-state index contributed by atoms with van der Waals surface area (Å²) in [6, 6.07) is 0. The molecule has 0 aliphatic heterocycles. The lowest BCUT2D eigenvalue weighted by Crippen LogP contribution is -2.07. The highest BCUT2D eigenvalue weighted by molar-refractivity contribution is 5.88. The summed E-state index contributed by atoms with van der Waals surface area (Å²) in [6.07, 6.45) is 3.43.